The van der Waals surface area contributed by atoms with E-state index < -0.39 is 0 Å². The lowest BCUT2D eigenvalue weighted by atomic mass is 10.1. The first kappa shape index (κ1) is 16.8. The second kappa shape index (κ2) is 8.13. The van der Waals surface area contributed by atoms with Gasteiger partial charge in [0.15, 0.2) is 0 Å². The van der Waals surface area contributed by atoms with E-state index in [-0.39, 0.29) is 0 Å². The zero-order chi connectivity index (χ0) is 17.6. The fourth-order valence-electron chi connectivity index (χ4n) is 2.82. The van der Waals surface area contributed by atoms with Crippen LogP contribution in [-0.2, 0) is 0 Å². The number of hydrogen-bond acceptors (Lipinski definition) is 2. The fraction of sp³-hybridized carbons (Fsp3) is 0. The van der Waals surface area contributed by atoms with Crippen LogP contribution in [0.3, 0.4) is 0 Å². The van der Waals surface area contributed by atoms with Crippen LogP contribution in [0, 0.1) is 0 Å². The molecular weight excluding hydrogens is 352 g/mol. The van der Waals surface area contributed by atoms with Gasteiger partial charge in [-0.2, -0.15) is 0 Å². The van der Waals surface area contributed by atoms with Gasteiger partial charge in [-0.3, -0.25) is 0 Å². The smallest absolute Gasteiger partial charge is 0.0349 e. The summed E-state index contributed by atoms with van der Waals surface area (Å²) in [5.41, 5.74) is 5.05. The topological polar surface area (TPSA) is 0 Å². The molecule has 0 amide bonds. The third kappa shape index (κ3) is 3.93. The molecule has 0 aliphatic heterocycles. The number of hydrogen-bond donors (Lipinski definition) is 0. The van der Waals surface area contributed by atoms with Gasteiger partial charge >= 0.3 is 0 Å². The van der Waals surface area contributed by atoms with Crippen molar-refractivity contribution in [1.29, 1.82) is 0 Å². The summed E-state index contributed by atoms with van der Waals surface area (Å²) in [6.45, 7) is 0. The molecule has 0 aliphatic rings. The molecule has 0 bridgehead atoms. The second-order valence-electron chi connectivity index (χ2n) is 5.89. The predicted molar refractivity (Wildman–Crippen MR) is 118 cm³/mol. The SMILES string of the molecule is C(=C/c1sccc1-c1ccsc1/C=C/c1ccccc1)/c1ccccc1. The van der Waals surface area contributed by atoms with Crippen LogP contribution in [0.2, 0.25) is 0 Å². The Morgan fingerprint density at radius 3 is 1.31 bits per heavy atom. The van der Waals surface area contributed by atoms with Crippen LogP contribution in [0.15, 0.2) is 83.6 Å². The fourth-order valence-corrected chi connectivity index (χ4v) is 4.42. The van der Waals surface area contributed by atoms with E-state index in [0.29, 0.717) is 0 Å². The maximum absolute atomic E-state index is 2.22. The van der Waals surface area contributed by atoms with Gasteiger partial charge < -0.3 is 0 Å². The molecule has 2 heterocycles. The highest BCUT2D eigenvalue weighted by atomic mass is 32.1. The summed E-state index contributed by atoms with van der Waals surface area (Å²) in [4.78, 5) is 2.59. The van der Waals surface area contributed by atoms with Crippen molar-refractivity contribution in [3.05, 3.63) is 104 Å². The van der Waals surface area contributed by atoms with Gasteiger partial charge in [0.05, 0.1) is 0 Å². The quantitative estimate of drug-likeness (QED) is 0.336. The van der Waals surface area contributed by atoms with Crippen molar-refractivity contribution < 1.29 is 0 Å². The Bertz CT molecular complexity index is 933. The van der Waals surface area contributed by atoms with Gasteiger partial charge in [0.25, 0.3) is 0 Å². The van der Waals surface area contributed by atoms with E-state index in [2.05, 4.69) is 95.7 Å². The molecule has 0 saturated heterocycles. The van der Waals surface area contributed by atoms with Gasteiger partial charge in [-0.05, 0) is 46.2 Å². The summed E-state index contributed by atoms with van der Waals surface area (Å²) in [5, 5.41) is 4.34. The lowest BCUT2D eigenvalue weighted by Gasteiger charge is -2.01. The van der Waals surface area contributed by atoms with E-state index in [1.807, 2.05) is 12.1 Å². The first-order valence-corrected chi connectivity index (χ1v) is 10.3. The first-order chi connectivity index (χ1) is 12.9. The van der Waals surface area contributed by atoms with Crippen molar-refractivity contribution in [3.63, 3.8) is 0 Å². The molecule has 2 heteroatoms. The lowest BCUT2D eigenvalue weighted by Crippen LogP contribution is -1.77. The van der Waals surface area contributed by atoms with Crippen molar-refractivity contribution in [2.75, 3.05) is 0 Å². The molecule has 0 radical (unpaired) electrons. The van der Waals surface area contributed by atoms with Gasteiger partial charge in [0.1, 0.15) is 0 Å². The third-order valence-corrected chi connectivity index (χ3v) is 5.90. The molecular formula is C24H18S2. The second-order valence-corrected chi connectivity index (χ2v) is 7.78. The normalized spacial score (nSPS) is 11.5. The number of rotatable bonds is 5. The maximum Gasteiger partial charge on any atom is 0.0349 e. The van der Waals surface area contributed by atoms with Crippen LogP contribution in [0.4, 0.5) is 0 Å². The summed E-state index contributed by atoms with van der Waals surface area (Å²) in [6.07, 6.45) is 8.80. The number of benzene rings is 2. The molecule has 26 heavy (non-hydrogen) atoms. The average molecular weight is 371 g/mol. The molecule has 126 valence electrons. The molecule has 0 atom stereocenters. The van der Waals surface area contributed by atoms with Crippen LogP contribution in [-0.4, -0.2) is 0 Å². The van der Waals surface area contributed by atoms with E-state index in [0.717, 1.165) is 0 Å². The van der Waals surface area contributed by atoms with E-state index in [1.54, 1.807) is 22.7 Å². The molecule has 0 N–H and O–H groups in total. The Labute approximate surface area is 162 Å². The van der Waals surface area contributed by atoms with E-state index in [9.17, 15) is 0 Å². The molecule has 0 saturated carbocycles. The van der Waals surface area contributed by atoms with E-state index in [4.69, 9.17) is 0 Å². The molecule has 2 aromatic carbocycles. The summed E-state index contributed by atoms with van der Waals surface area (Å²) in [5.74, 6) is 0. The monoisotopic (exact) mass is 370 g/mol. The van der Waals surface area contributed by atoms with Gasteiger partial charge in [-0.1, -0.05) is 72.8 Å². The summed E-state index contributed by atoms with van der Waals surface area (Å²) < 4.78 is 0. The van der Waals surface area contributed by atoms with Crippen molar-refractivity contribution in [1.82, 2.24) is 0 Å². The Morgan fingerprint density at radius 1 is 0.462 bits per heavy atom. The van der Waals surface area contributed by atoms with Gasteiger partial charge in [0.2, 0.25) is 0 Å². The highest BCUT2D eigenvalue weighted by molar-refractivity contribution is 7.12. The minimum Gasteiger partial charge on any atom is -0.144 e. The maximum atomic E-state index is 2.22. The van der Waals surface area contributed by atoms with Gasteiger partial charge in [-0.15, -0.1) is 22.7 Å². The van der Waals surface area contributed by atoms with Crippen molar-refractivity contribution in [2.24, 2.45) is 0 Å². The molecule has 0 nitrogen and oxygen atoms in total. The summed E-state index contributed by atoms with van der Waals surface area (Å²) in [7, 11) is 0. The minimum absolute atomic E-state index is 1.22. The predicted octanol–water partition coefficient (Wildman–Crippen LogP) is 7.82. The molecule has 2 aromatic heterocycles. The number of thiophene rings is 2. The zero-order valence-electron chi connectivity index (χ0n) is 14.2. The van der Waals surface area contributed by atoms with Crippen LogP contribution < -0.4 is 0 Å². The van der Waals surface area contributed by atoms with Crippen LogP contribution in [0.25, 0.3) is 35.4 Å². The Balaban J connectivity index is 1.62. The van der Waals surface area contributed by atoms with Crippen molar-refractivity contribution in [3.8, 4) is 11.1 Å². The van der Waals surface area contributed by atoms with Crippen LogP contribution in [0.1, 0.15) is 20.9 Å². The summed E-state index contributed by atoms with van der Waals surface area (Å²) >= 11 is 3.57. The molecule has 0 aliphatic carbocycles. The Morgan fingerprint density at radius 2 is 0.885 bits per heavy atom. The highest BCUT2D eigenvalue weighted by Gasteiger charge is 2.09. The molecule has 4 rings (SSSR count). The van der Waals surface area contributed by atoms with Crippen LogP contribution in [0.5, 0.6) is 0 Å². The average Bonchev–Trinajstić information content (AvgIpc) is 3.35. The zero-order valence-corrected chi connectivity index (χ0v) is 15.8. The highest BCUT2D eigenvalue weighted by Crippen LogP contribution is 2.35. The molecule has 0 unspecified atom stereocenters. The van der Waals surface area contributed by atoms with Crippen molar-refractivity contribution in [2.45, 2.75) is 0 Å². The lowest BCUT2D eigenvalue weighted by molar-refractivity contribution is 1.66. The minimum atomic E-state index is 1.22. The molecule has 4 aromatic rings. The van der Waals surface area contributed by atoms with Gasteiger partial charge in [0, 0.05) is 20.9 Å². The van der Waals surface area contributed by atoms with Crippen LogP contribution >= 0.6 is 22.7 Å². The Hall–Kier alpha value is -2.68. The molecule has 0 spiro atoms. The molecule has 0 fully saturated rings. The first-order valence-electron chi connectivity index (χ1n) is 8.52. The van der Waals surface area contributed by atoms with E-state index in [1.165, 1.54) is 32.0 Å². The largest absolute Gasteiger partial charge is 0.144 e. The van der Waals surface area contributed by atoms with Crippen molar-refractivity contribution >= 4 is 47.0 Å². The van der Waals surface area contributed by atoms with E-state index >= 15 is 0 Å². The van der Waals surface area contributed by atoms with Gasteiger partial charge in [-0.25, -0.2) is 0 Å². The third-order valence-electron chi connectivity index (χ3n) is 4.13. The Kier molecular flexibility index (Phi) is 5.25. The summed E-state index contributed by atoms with van der Waals surface area (Å²) in [6, 6.07) is 25.3. The standard InChI is InChI=1S/C24H18S2/c1-3-7-19(8-4-1)11-13-23-21(15-17-25-23)22-16-18-26-24(22)14-12-20-9-5-2-6-10-20/h1-18H/b13-11-,14-12+.